The van der Waals surface area contributed by atoms with Crippen LogP contribution in [0.15, 0.2) is 28.7 Å². The van der Waals surface area contributed by atoms with Gasteiger partial charge in [0.05, 0.1) is 9.99 Å². The Balaban J connectivity index is 1.42. The number of nitrogens with zero attached hydrogens (tertiary/aromatic N) is 3. The molecule has 0 N–H and O–H groups in total. The highest BCUT2D eigenvalue weighted by atomic mass is 79.9. The van der Waals surface area contributed by atoms with Crippen LogP contribution in [0.2, 0.25) is 0 Å². The number of carbonyl (C=O) groups is 1. The highest BCUT2D eigenvalue weighted by molar-refractivity contribution is 9.10. The number of benzene rings is 1. The fourth-order valence-electron chi connectivity index (χ4n) is 4.19. The zero-order valence-electron chi connectivity index (χ0n) is 15.5. The van der Waals surface area contributed by atoms with Crippen molar-refractivity contribution < 1.29 is 9.18 Å². The first-order valence-electron chi connectivity index (χ1n) is 9.91. The molecule has 0 saturated carbocycles. The van der Waals surface area contributed by atoms with Crippen LogP contribution in [0.5, 0.6) is 0 Å². The lowest BCUT2D eigenvalue weighted by Crippen LogP contribution is -2.43. The van der Waals surface area contributed by atoms with E-state index in [1.807, 2.05) is 12.1 Å². The van der Waals surface area contributed by atoms with E-state index in [2.05, 4.69) is 30.7 Å². The summed E-state index contributed by atoms with van der Waals surface area (Å²) in [5.41, 5.74) is 0.663. The van der Waals surface area contributed by atoms with Gasteiger partial charge in [0, 0.05) is 43.5 Å². The predicted octanol–water partition coefficient (Wildman–Crippen LogP) is 4.76. The summed E-state index contributed by atoms with van der Waals surface area (Å²) in [6, 6.07) is 7.20. The third-order valence-corrected chi connectivity index (χ3v) is 6.41. The van der Waals surface area contributed by atoms with Crippen LogP contribution < -0.4 is 4.90 Å². The molecule has 2 aliphatic rings. The van der Waals surface area contributed by atoms with E-state index in [-0.39, 0.29) is 11.7 Å². The first-order chi connectivity index (χ1) is 13.1. The maximum absolute atomic E-state index is 13.8. The summed E-state index contributed by atoms with van der Waals surface area (Å²) in [6.07, 6.45) is 6.49. The fourth-order valence-corrected chi connectivity index (χ4v) is 4.55. The second-order valence-corrected chi connectivity index (χ2v) is 8.48. The molecule has 2 aromatic rings. The SMILES string of the molecule is O=C(C1CCN(c2ccc3cc(Br)c(F)cc3n2)CC1)N1CCCCCC1. The van der Waals surface area contributed by atoms with E-state index < -0.39 is 0 Å². The molecule has 4 rings (SSSR count). The van der Waals surface area contributed by atoms with Gasteiger partial charge in [0.2, 0.25) is 5.91 Å². The molecule has 2 aliphatic heterocycles. The molecule has 4 nitrogen and oxygen atoms in total. The van der Waals surface area contributed by atoms with Gasteiger partial charge in [-0.15, -0.1) is 0 Å². The normalized spacial score (nSPS) is 19.3. The van der Waals surface area contributed by atoms with Crippen molar-refractivity contribution in [3.63, 3.8) is 0 Å². The third-order valence-electron chi connectivity index (χ3n) is 5.80. The highest BCUT2D eigenvalue weighted by Crippen LogP contribution is 2.28. The van der Waals surface area contributed by atoms with Crippen molar-refractivity contribution in [3.05, 3.63) is 34.6 Å². The first kappa shape index (κ1) is 18.7. The zero-order chi connectivity index (χ0) is 18.8. The van der Waals surface area contributed by atoms with Crippen molar-refractivity contribution in [1.82, 2.24) is 9.88 Å². The Bertz CT molecular complexity index is 828. The average molecular weight is 434 g/mol. The highest BCUT2D eigenvalue weighted by Gasteiger charge is 2.29. The van der Waals surface area contributed by atoms with E-state index in [9.17, 15) is 9.18 Å². The van der Waals surface area contributed by atoms with E-state index >= 15 is 0 Å². The lowest BCUT2D eigenvalue weighted by molar-refractivity contribution is -0.136. The summed E-state index contributed by atoms with van der Waals surface area (Å²) in [4.78, 5) is 21.8. The largest absolute Gasteiger partial charge is 0.357 e. The second-order valence-electron chi connectivity index (χ2n) is 7.63. The monoisotopic (exact) mass is 433 g/mol. The van der Waals surface area contributed by atoms with E-state index in [1.54, 1.807) is 6.07 Å². The Morgan fingerprint density at radius 3 is 2.44 bits per heavy atom. The summed E-state index contributed by atoms with van der Waals surface area (Å²) in [5.74, 6) is 1.04. The molecular weight excluding hydrogens is 409 g/mol. The molecule has 3 heterocycles. The van der Waals surface area contributed by atoms with Crippen LogP contribution in [0.3, 0.4) is 0 Å². The third kappa shape index (κ3) is 4.10. The number of amides is 1. The van der Waals surface area contributed by atoms with Crippen molar-refractivity contribution in [2.75, 3.05) is 31.1 Å². The minimum Gasteiger partial charge on any atom is -0.357 e. The molecule has 0 unspecified atom stereocenters. The lowest BCUT2D eigenvalue weighted by Gasteiger charge is -2.34. The number of carbonyl (C=O) groups excluding carboxylic acids is 1. The van der Waals surface area contributed by atoms with Crippen LogP contribution in [0.1, 0.15) is 38.5 Å². The number of hydrogen-bond acceptors (Lipinski definition) is 3. The summed E-state index contributed by atoms with van der Waals surface area (Å²) in [6.45, 7) is 3.49. The molecule has 1 aromatic carbocycles. The van der Waals surface area contributed by atoms with Gasteiger partial charge in [-0.2, -0.15) is 0 Å². The number of rotatable bonds is 2. The van der Waals surface area contributed by atoms with Crippen LogP contribution in [0.25, 0.3) is 10.9 Å². The molecule has 0 radical (unpaired) electrons. The molecule has 2 saturated heterocycles. The van der Waals surface area contributed by atoms with Gasteiger partial charge in [-0.25, -0.2) is 9.37 Å². The predicted molar refractivity (Wildman–Crippen MR) is 109 cm³/mol. The number of likely N-dealkylation sites (tertiary alicyclic amines) is 1. The Morgan fingerprint density at radius 1 is 1.04 bits per heavy atom. The minimum absolute atomic E-state index is 0.133. The quantitative estimate of drug-likeness (QED) is 0.684. The van der Waals surface area contributed by atoms with Crippen molar-refractivity contribution >= 4 is 38.6 Å². The first-order valence-corrected chi connectivity index (χ1v) is 10.7. The Hall–Kier alpha value is -1.69. The number of halogens is 2. The summed E-state index contributed by atoms with van der Waals surface area (Å²) in [5, 5.41) is 0.915. The number of hydrogen-bond donors (Lipinski definition) is 0. The average Bonchev–Trinajstić information content (AvgIpc) is 2.98. The Kier molecular flexibility index (Phi) is 5.62. The lowest BCUT2D eigenvalue weighted by atomic mass is 9.95. The molecule has 6 heteroatoms. The zero-order valence-corrected chi connectivity index (χ0v) is 17.0. The topological polar surface area (TPSA) is 36.4 Å². The van der Waals surface area contributed by atoms with Crippen LogP contribution in [0.4, 0.5) is 10.2 Å². The van der Waals surface area contributed by atoms with Gasteiger partial charge in [-0.05, 0) is 59.8 Å². The number of aromatic nitrogens is 1. The van der Waals surface area contributed by atoms with Crippen LogP contribution in [-0.2, 0) is 4.79 Å². The summed E-state index contributed by atoms with van der Waals surface area (Å²) >= 11 is 3.22. The van der Waals surface area contributed by atoms with Gasteiger partial charge in [0.1, 0.15) is 11.6 Å². The van der Waals surface area contributed by atoms with Crippen molar-refractivity contribution in [2.24, 2.45) is 5.92 Å². The number of piperidine rings is 1. The standard InChI is InChI=1S/C21H25BrFN3O/c22-17-13-16-5-6-20(24-19(16)14-18(17)23)25-11-7-15(8-12-25)21(27)26-9-3-1-2-4-10-26/h5-6,13-15H,1-4,7-12H2. The van der Waals surface area contributed by atoms with Crippen LogP contribution in [0, 0.1) is 11.7 Å². The molecule has 0 spiro atoms. The molecule has 0 aliphatic carbocycles. The van der Waals surface area contributed by atoms with Crippen LogP contribution >= 0.6 is 15.9 Å². The molecule has 0 bridgehead atoms. The maximum Gasteiger partial charge on any atom is 0.225 e. The molecule has 0 atom stereocenters. The smallest absolute Gasteiger partial charge is 0.225 e. The Morgan fingerprint density at radius 2 is 1.74 bits per heavy atom. The molecule has 1 amide bonds. The van der Waals surface area contributed by atoms with E-state index in [4.69, 9.17) is 0 Å². The van der Waals surface area contributed by atoms with E-state index in [0.29, 0.717) is 15.9 Å². The van der Waals surface area contributed by atoms with Gasteiger partial charge in [-0.3, -0.25) is 4.79 Å². The summed E-state index contributed by atoms with van der Waals surface area (Å²) in [7, 11) is 0. The number of fused-ring (bicyclic) bond motifs is 1. The van der Waals surface area contributed by atoms with E-state index in [0.717, 1.165) is 63.1 Å². The van der Waals surface area contributed by atoms with Crippen molar-refractivity contribution in [1.29, 1.82) is 0 Å². The van der Waals surface area contributed by atoms with E-state index in [1.165, 1.54) is 18.9 Å². The van der Waals surface area contributed by atoms with Gasteiger partial charge >= 0.3 is 0 Å². The van der Waals surface area contributed by atoms with Gasteiger partial charge in [-0.1, -0.05) is 12.8 Å². The summed E-state index contributed by atoms with van der Waals surface area (Å²) < 4.78 is 14.3. The maximum atomic E-state index is 13.8. The van der Waals surface area contributed by atoms with Gasteiger partial charge in [0.25, 0.3) is 0 Å². The second kappa shape index (κ2) is 8.13. The van der Waals surface area contributed by atoms with Crippen LogP contribution in [-0.4, -0.2) is 42.0 Å². The molecular formula is C21H25BrFN3O. The molecule has 144 valence electrons. The molecule has 27 heavy (non-hydrogen) atoms. The molecule has 1 aromatic heterocycles. The number of pyridine rings is 1. The van der Waals surface area contributed by atoms with Crippen molar-refractivity contribution in [3.8, 4) is 0 Å². The van der Waals surface area contributed by atoms with Gasteiger partial charge in [0.15, 0.2) is 0 Å². The number of anilines is 1. The van der Waals surface area contributed by atoms with Crippen molar-refractivity contribution in [2.45, 2.75) is 38.5 Å². The Labute approximate surface area is 167 Å². The van der Waals surface area contributed by atoms with Gasteiger partial charge < -0.3 is 9.80 Å². The molecule has 2 fully saturated rings. The fraction of sp³-hybridized carbons (Fsp3) is 0.524. The minimum atomic E-state index is -0.297.